The molecule has 2 heterocycles. The third-order valence-electron chi connectivity index (χ3n) is 2.80. The molecule has 1 unspecified atom stereocenters. The van der Waals surface area contributed by atoms with E-state index in [1.165, 1.54) is 0 Å². The first-order valence-corrected chi connectivity index (χ1v) is 6.04. The van der Waals surface area contributed by atoms with Crippen LogP contribution >= 0.6 is 15.9 Å². The van der Waals surface area contributed by atoms with Gasteiger partial charge in [0.25, 0.3) is 0 Å². The van der Waals surface area contributed by atoms with Gasteiger partial charge in [-0.15, -0.1) is 0 Å². The van der Waals surface area contributed by atoms with Crippen molar-refractivity contribution in [3.05, 3.63) is 40.1 Å². The Balaban J connectivity index is 2.60. The topological polar surface area (TPSA) is 67.7 Å². The van der Waals surface area contributed by atoms with E-state index in [1.54, 1.807) is 0 Å². The van der Waals surface area contributed by atoms with E-state index < -0.39 is 12.0 Å². The van der Waals surface area contributed by atoms with Gasteiger partial charge in [0.2, 0.25) is 0 Å². The van der Waals surface area contributed by atoms with Gasteiger partial charge in [-0.25, -0.2) is 0 Å². The summed E-state index contributed by atoms with van der Waals surface area (Å²) in [5, 5.41) is 8.81. The highest BCUT2D eigenvalue weighted by atomic mass is 79.9. The highest BCUT2D eigenvalue weighted by Gasteiger charge is 2.20. The molecule has 0 fully saturated rings. The van der Waals surface area contributed by atoms with Gasteiger partial charge in [-0.2, -0.15) is 0 Å². The molecule has 0 aromatic carbocycles. The van der Waals surface area contributed by atoms with Crippen molar-refractivity contribution in [2.45, 2.75) is 19.4 Å². The van der Waals surface area contributed by atoms with Gasteiger partial charge in [-0.3, -0.25) is 4.79 Å². The second-order valence-corrected chi connectivity index (χ2v) is 4.78. The van der Waals surface area contributed by atoms with Crippen LogP contribution in [0.5, 0.6) is 0 Å². The van der Waals surface area contributed by atoms with Crippen LogP contribution in [-0.2, 0) is 4.79 Å². The molecule has 17 heavy (non-hydrogen) atoms. The lowest BCUT2D eigenvalue weighted by Crippen LogP contribution is -2.17. The fourth-order valence-corrected chi connectivity index (χ4v) is 2.59. The lowest BCUT2D eigenvalue weighted by atomic mass is 10.1. The number of hydrogen-bond donors (Lipinski definition) is 2. The number of carboxylic acids is 1. The largest absolute Gasteiger partial charge is 0.481 e. The van der Waals surface area contributed by atoms with Crippen molar-refractivity contribution >= 4 is 27.4 Å². The first kappa shape index (κ1) is 12.1. The van der Waals surface area contributed by atoms with Crippen LogP contribution in [0.25, 0.3) is 5.52 Å². The number of aliphatic carboxylic acids is 1. The number of nitrogens with zero attached hydrogens (tertiary/aromatic N) is 1. The summed E-state index contributed by atoms with van der Waals surface area (Å²) >= 11 is 3.51. The molecule has 90 valence electrons. The molecule has 0 saturated heterocycles. The van der Waals surface area contributed by atoms with E-state index in [9.17, 15) is 4.79 Å². The minimum atomic E-state index is -0.890. The lowest BCUT2D eigenvalue weighted by Gasteiger charge is -2.11. The zero-order valence-corrected chi connectivity index (χ0v) is 10.9. The average molecular weight is 297 g/mol. The van der Waals surface area contributed by atoms with Gasteiger partial charge in [0.1, 0.15) is 0 Å². The molecule has 0 radical (unpaired) electrons. The normalized spacial score (nSPS) is 12.9. The Morgan fingerprint density at radius 2 is 2.29 bits per heavy atom. The van der Waals surface area contributed by atoms with Crippen molar-refractivity contribution in [2.24, 2.45) is 5.73 Å². The molecule has 0 aliphatic heterocycles. The molecule has 4 nitrogen and oxygen atoms in total. The van der Waals surface area contributed by atoms with Crippen LogP contribution < -0.4 is 5.73 Å². The van der Waals surface area contributed by atoms with Gasteiger partial charge in [0.15, 0.2) is 0 Å². The fraction of sp³-hybridized carbons (Fsp3) is 0.250. The van der Waals surface area contributed by atoms with Gasteiger partial charge in [0.05, 0.1) is 18.0 Å². The Hall–Kier alpha value is -1.33. The van der Waals surface area contributed by atoms with Crippen LogP contribution in [-0.4, -0.2) is 15.5 Å². The number of pyridine rings is 1. The number of carboxylic acid groups (broad SMARTS) is 1. The second kappa shape index (κ2) is 4.50. The molecule has 0 amide bonds. The van der Waals surface area contributed by atoms with Gasteiger partial charge >= 0.3 is 5.97 Å². The maximum Gasteiger partial charge on any atom is 0.305 e. The Labute approximate surface area is 107 Å². The van der Waals surface area contributed by atoms with E-state index in [0.717, 1.165) is 21.2 Å². The first-order valence-electron chi connectivity index (χ1n) is 5.24. The van der Waals surface area contributed by atoms with Crippen molar-refractivity contribution in [3.63, 3.8) is 0 Å². The van der Waals surface area contributed by atoms with Crippen LogP contribution in [0.4, 0.5) is 0 Å². The monoisotopic (exact) mass is 296 g/mol. The predicted molar refractivity (Wildman–Crippen MR) is 69.0 cm³/mol. The molecule has 0 spiro atoms. The number of halogens is 1. The maximum absolute atomic E-state index is 10.7. The Kier molecular flexibility index (Phi) is 3.22. The number of carbonyl (C=O) groups is 1. The molecule has 2 rings (SSSR count). The molecular weight excluding hydrogens is 284 g/mol. The fourth-order valence-electron chi connectivity index (χ4n) is 2.06. The number of rotatable bonds is 3. The molecule has 1 atom stereocenters. The van der Waals surface area contributed by atoms with Crippen LogP contribution in [0, 0.1) is 6.92 Å². The first-order chi connectivity index (χ1) is 8.02. The number of nitrogens with two attached hydrogens (primary N) is 1. The van der Waals surface area contributed by atoms with Crippen molar-refractivity contribution in [3.8, 4) is 0 Å². The molecular formula is C12H13BrN2O2. The smallest absolute Gasteiger partial charge is 0.305 e. The quantitative estimate of drug-likeness (QED) is 0.914. The van der Waals surface area contributed by atoms with Gasteiger partial charge in [-0.1, -0.05) is 6.07 Å². The summed E-state index contributed by atoms with van der Waals surface area (Å²) in [6, 6.07) is 5.30. The molecule has 0 bridgehead atoms. The Bertz CT molecular complexity index is 577. The molecule has 2 aromatic heterocycles. The van der Waals surface area contributed by atoms with Crippen molar-refractivity contribution in [1.29, 1.82) is 0 Å². The van der Waals surface area contributed by atoms with E-state index in [2.05, 4.69) is 15.9 Å². The molecule has 3 N–H and O–H groups in total. The molecule has 5 heteroatoms. The minimum absolute atomic E-state index is 0.0751. The van der Waals surface area contributed by atoms with Crippen LogP contribution in [0.3, 0.4) is 0 Å². The summed E-state index contributed by atoms with van der Waals surface area (Å²) in [6.45, 7) is 1.94. The predicted octanol–water partition coefficient (Wildman–Crippen LogP) is 2.48. The van der Waals surface area contributed by atoms with Gasteiger partial charge in [-0.05, 0) is 40.5 Å². The summed E-state index contributed by atoms with van der Waals surface area (Å²) in [5.74, 6) is -0.890. The molecule has 2 aromatic rings. The summed E-state index contributed by atoms with van der Waals surface area (Å²) in [4.78, 5) is 10.7. The third kappa shape index (κ3) is 2.08. The second-order valence-electron chi connectivity index (χ2n) is 3.98. The van der Waals surface area contributed by atoms with E-state index >= 15 is 0 Å². The summed E-state index contributed by atoms with van der Waals surface area (Å²) in [7, 11) is 0. The average Bonchev–Trinajstić information content (AvgIpc) is 2.51. The minimum Gasteiger partial charge on any atom is -0.481 e. The van der Waals surface area contributed by atoms with Gasteiger partial charge in [0, 0.05) is 16.4 Å². The number of hydrogen-bond acceptors (Lipinski definition) is 2. The van der Waals surface area contributed by atoms with E-state index in [4.69, 9.17) is 10.8 Å². The van der Waals surface area contributed by atoms with Crippen LogP contribution in [0.15, 0.2) is 28.9 Å². The molecule has 0 saturated carbocycles. The highest BCUT2D eigenvalue weighted by molar-refractivity contribution is 9.10. The van der Waals surface area contributed by atoms with E-state index in [1.807, 2.05) is 35.7 Å². The Morgan fingerprint density at radius 3 is 2.94 bits per heavy atom. The Morgan fingerprint density at radius 1 is 1.59 bits per heavy atom. The summed E-state index contributed by atoms with van der Waals surface area (Å²) < 4.78 is 2.90. The van der Waals surface area contributed by atoms with Crippen LogP contribution in [0.1, 0.15) is 23.7 Å². The SMILES string of the molecule is Cc1c(Br)c2ccccn2c1C(N)CC(=O)O. The standard InChI is InChI=1S/C12H13BrN2O2/c1-7-11(13)9-4-2-3-5-15(9)12(7)8(14)6-10(16)17/h2-5,8H,6,14H2,1H3,(H,16,17). The van der Waals surface area contributed by atoms with Gasteiger partial charge < -0.3 is 15.2 Å². The van der Waals surface area contributed by atoms with Crippen molar-refractivity contribution in [1.82, 2.24) is 4.40 Å². The molecule has 0 aliphatic carbocycles. The van der Waals surface area contributed by atoms with E-state index in [0.29, 0.717) is 0 Å². The summed E-state index contributed by atoms with van der Waals surface area (Å²) in [5.41, 5.74) is 8.79. The summed E-state index contributed by atoms with van der Waals surface area (Å²) in [6.07, 6.45) is 1.82. The molecule has 0 aliphatic rings. The zero-order valence-electron chi connectivity index (χ0n) is 9.35. The van der Waals surface area contributed by atoms with E-state index in [-0.39, 0.29) is 6.42 Å². The maximum atomic E-state index is 10.7. The number of aromatic nitrogens is 1. The zero-order chi connectivity index (χ0) is 12.6. The third-order valence-corrected chi connectivity index (χ3v) is 3.80. The number of fused-ring (bicyclic) bond motifs is 1. The van der Waals surface area contributed by atoms with Crippen molar-refractivity contribution in [2.75, 3.05) is 0 Å². The lowest BCUT2D eigenvalue weighted by molar-refractivity contribution is -0.137. The highest BCUT2D eigenvalue weighted by Crippen LogP contribution is 2.31. The van der Waals surface area contributed by atoms with Crippen molar-refractivity contribution < 1.29 is 9.90 Å². The van der Waals surface area contributed by atoms with Crippen LogP contribution in [0.2, 0.25) is 0 Å².